The summed E-state index contributed by atoms with van der Waals surface area (Å²) in [6.45, 7) is 3.83. The number of aliphatic hydroxyl groups is 1. The van der Waals surface area contributed by atoms with E-state index in [0.717, 1.165) is 6.42 Å². The molecule has 0 aromatic rings. The fourth-order valence-electron chi connectivity index (χ4n) is 1.34. The highest BCUT2D eigenvalue weighted by atomic mass is 35.5. The van der Waals surface area contributed by atoms with E-state index in [1.165, 1.54) is 12.8 Å². The second-order valence-electron chi connectivity index (χ2n) is 3.82. The highest BCUT2D eigenvalue weighted by Gasteiger charge is 2.29. The van der Waals surface area contributed by atoms with Crippen molar-refractivity contribution < 1.29 is 9.90 Å². The fourth-order valence-corrected chi connectivity index (χ4v) is 1.34. The van der Waals surface area contributed by atoms with Crippen LogP contribution in [0.3, 0.4) is 0 Å². The fraction of sp³-hybridized carbons (Fsp3) is 0.700. The first kappa shape index (κ1) is 14.4. The molecule has 2 atom stereocenters. The molecule has 1 aliphatic carbocycles. The van der Waals surface area contributed by atoms with Crippen molar-refractivity contribution in [1.29, 1.82) is 0 Å². The topological polar surface area (TPSA) is 75.3 Å². The first-order chi connectivity index (χ1) is 6.65. The monoisotopic (exact) mass is 234 g/mol. The molecule has 0 radical (unpaired) electrons. The Labute approximate surface area is 96.3 Å². The molecule has 0 spiro atoms. The summed E-state index contributed by atoms with van der Waals surface area (Å²) in [6, 6.07) is -0.438. The van der Waals surface area contributed by atoms with E-state index in [0.29, 0.717) is 12.5 Å². The summed E-state index contributed by atoms with van der Waals surface area (Å²) in [6.07, 6.45) is 3.57. The smallest absolute Gasteiger partial charge is 0.250 e. The number of hydrogen-bond donors (Lipinski definition) is 3. The van der Waals surface area contributed by atoms with Gasteiger partial charge in [0.1, 0.15) is 6.10 Å². The van der Waals surface area contributed by atoms with Crippen LogP contribution in [0.1, 0.15) is 19.3 Å². The summed E-state index contributed by atoms with van der Waals surface area (Å²) in [5.41, 5.74) is 5.69. The Balaban J connectivity index is 0.00000196. The van der Waals surface area contributed by atoms with Gasteiger partial charge in [-0.2, -0.15) is 0 Å². The number of aliphatic hydroxyl groups excluding tert-OH is 1. The van der Waals surface area contributed by atoms with E-state index in [1.807, 2.05) is 0 Å². The Hall–Kier alpha value is -0.580. The Morgan fingerprint density at radius 2 is 2.27 bits per heavy atom. The molecule has 2 unspecified atom stereocenters. The van der Waals surface area contributed by atoms with Crippen molar-refractivity contribution in [1.82, 2.24) is 5.32 Å². The molecule has 0 heterocycles. The molecule has 5 heteroatoms. The first-order valence-electron chi connectivity index (χ1n) is 4.97. The summed E-state index contributed by atoms with van der Waals surface area (Å²) < 4.78 is 0. The second kappa shape index (κ2) is 6.82. The maximum Gasteiger partial charge on any atom is 0.250 e. The maximum atomic E-state index is 11.3. The standard InChI is InChI=1S/C10H18N2O2.ClH/c1-2-5-12-10(14)9(13)8(11)6-7-3-4-7;/h2,7-9,13H,1,3-6,11H2,(H,12,14);1H. The third-order valence-corrected chi connectivity index (χ3v) is 2.40. The molecule has 0 aliphatic heterocycles. The predicted octanol–water partition coefficient (Wildman–Crippen LogP) is 0.199. The van der Waals surface area contributed by atoms with Crippen LogP contribution in [-0.2, 0) is 4.79 Å². The van der Waals surface area contributed by atoms with E-state index in [4.69, 9.17) is 5.73 Å². The van der Waals surface area contributed by atoms with Gasteiger partial charge in [-0.1, -0.05) is 18.9 Å². The van der Waals surface area contributed by atoms with Crippen LogP contribution in [0, 0.1) is 5.92 Å². The van der Waals surface area contributed by atoms with Gasteiger partial charge >= 0.3 is 0 Å². The molecule has 1 amide bonds. The van der Waals surface area contributed by atoms with Gasteiger partial charge in [0.15, 0.2) is 0 Å². The van der Waals surface area contributed by atoms with Gasteiger partial charge in [-0.25, -0.2) is 0 Å². The molecule has 15 heavy (non-hydrogen) atoms. The summed E-state index contributed by atoms with van der Waals surface area (Å²) in [7, 11) is 0. The van der Waals surface area contributed by atoms with Gasteiger partial charge in [0.05, 0.1) is 0 Å². The zero-order valence-corrected chi connectivity index (χ0v) is 9.50. The van der Waals surface area contributed by atoms with Crippen molar-refractivity contribution in [3.8, 4) is 0 Å². The quantitative estimate of drug-likeness (QED) is 0.575. The van der Waals surface area contributed by atoms with Crippen molar-refractivity contribution in [2.24, 2.45) is 11.7 Å². The largest absolute Gasteiger partial charge is 0.382 e. The summed E-state index contributed by atoms with van der Waals surface area (Å²) in [5.74, 6) is 0.213. The molecule has 0 bridgehead atoms. The van der Waals surface area contributed by atoms with Crippen LogP contribution < -0.4 is 11.1 Å². The van der Waals surface area contributed by atoms with Gasteiger partial charge in [-0.3, -0.25) is 4.79 Å². The zero-order chi connectivity index (χ0) is 10.6. The minimum absolute atomic E-state index is 0. The Morgan fingerprint density at radius 1 is 1.67 bits per heavy atom. The highest BCUT2D eigenvalue weighted by molar-refractivity contribution is 5.85. The number of halogens is 1. The first-order valence-corrected chi connectivity index (χ1v) is 4.97. The minimum atomic E-state index is -1.09. The van der Waals surface area contributed by atoms with Crippen molar-refractivity contribution in [3.05, 3.63) is 12.7 Å². The van der Waals surface area contributed by atoms with Gasteiger partial charge < -0.3 is 16.2 Å². The lowest BCUT2D eigenvalue weighted by Crippen LogP contribution is -2.46. The van der Waals surface area contributed by atoms with Gasteiger partial charge in [0.2, 0.25) is 0 Å². The van der Waals surface area contributed by atoms with Crippen LogP contribution in [0.4, 0.5) is 0 Å². The molecule has 4 nitrogen and oxygen atoms in total. The number of carbonyl (C=O) groups excluding carboxylic acids is 1. The van der Waals surface area contributed by atoms with Crippen LogP contribution in [0.15, 0.2) is 12.7 Å². The van der Waals surface area contributed by atoms with Crippen molar-refractivity contribution in [2.45, 2.75) is 31.4 Å². The zero-order valence-electron chi connectivity index (χ0n) is 8.69. The molecule has 4 N–H and O–H groups in total. The van der Waals surface area contributed by atoms with E-state index in [9.17, 15) is 9.90 Å². The van der Waals surface area contributed by atoms with E-state index in [1.54, 1.807) is 6.08 Å². The Kier molecular flexibility index (Phi) is 6.56. The summed E-state index contributed by atoms with van der Waals surface area (Å²) in [5, 5.41) is 12.0. The van der Waals surface area contributed by atoms with Crippen molar-refractivity contribution >= 4 is 18.3 Å². The van der Waals surface area contributed by atoms with Gasteiger partial charge in [0.25, 0.3) is 5.91 Å². The molecule has 88 valence electrons. The maximum absolute atomic E-state index is 11.3. The third kappa shape index (κ3) is 5.16. The second-order valence-corrected chi connectivity index (χ2v) is 3.82. The normalized spacial score (nSPS) is 18.5. The number of amides is 1. The molecule has 1 saturated carbocycles. The summed E-state index contributed by atoms with van der Waals surface area (Å²) >= 11 is 0. The van der Waals surface area contributed by atoms with Gasteiger partial charge in [-0.05, 0) is 12.3 Å². The number of nitrogens with one attached hydrogen (secondary N) is 1. The average molecular weight is 235 g/mol. The van der Waals surface area contributed by atoms with Gasteiger partial charge in [-0.15, -0.1) is 19.0 Å². The number of rotatable bonds is 6. The van der Waals surface area contributed by atoms with Crippen LogP contribution >= 0.6 is 12.4 Å². The van der Waals surface area contributed by atoms with E-state index >= 15 is 0 Å². The van der Waals surface area contributed by atoms with Crippen LogP contribution in [-0.4, -0.2) is 29.7 Å². The molecular formula is C10H19ClN2O2. The van der Waals surface area contributed by atoms with Crippen LogP contribution in [0.25, 0.3) is 0 Å². The molecule has 1 aliphatic rings. The molecular weight excluding hydrogens is 216 g/mol. The lowest BCUT2D eigenvalue weighted by molar-refractivity contribution is -0.130. The van der Waals surface area contributed by atoms with Gasteiger partial charge in [0, 0.05) is 12.6 Å². The van der Waals surface area contributed by atoms with E-state index < -0.39 is 18.1 Å². The Bertz CT molecular complexity index is 219. The molecule has 1 rings (SSSR count). The number of hydrogen-bond acceptors (Lipinski definition) is 3. The summed E-state index contributed by atoms with van der Waals surface area (Å²) in [4.78, 5) is 11.3. The predicted molar refractivity (Wildman–Crippen MR) is 61.8 cm³/mol. The lowest BCUT2D eigenvalue weighted by atomic mass is 10.1. The average Bonchev–Trinajstić information content (AvgIpc) is 2.96. The van der Waals surface area contributed by atoms with Crippen LogP contribution in [0.2, 0.25) is 0 Å². The molecule has 0 saturated heterocycles. The van der Waals surface area contributed by atoms with E-state index in [2.05, 4.69) is 11.9 Å². The molecule has 0 aromatic heterocycles. The van der Waals surface area contributed by atoms with Crippen molar-refractivity contribution in [3.63, 3.8) is 0 Å². The van der Waals surface area contributed by atoms with E-state index in [-0.39, 0.29) is 12.4 Å². The molecule has 1 fully saturated rings. The van der Waals surface area contributed by atoms with Crippen LogP contribution in [0.5, 0.6) is 0 Å². The third-order valence-electron chi connectivity index (χ3n) is 2.40. The highest BCUT2D eigenvalue weighted by Crippen LogP contribution is 2.33. The molecule has 0 aromatic carbocycles. The Morgan fingerprint density at radius 3 is 2.73 bits per heavy atom. The SMILES string of the molecule is C=CCNC(=O)C(O)C(N)CC1CC1.Cl. The lowest BCUT2D eigenvalue weighted by Gasteiger charge is -2.17. The number of carbonyl (C=O) groups is 1. The minimum Gasteiger partial charge on any atom is -0.382 e. The number of nitrogens with two attached hydrogens (primary N) is 1. The van der Waals surface area contributed by atoms with Crippen molar-refractivity contribution in [2.75, 3.05) is 6.54 Å².